The molecule has 0 aliphatic carbocycles. The molecule has 0 radical (unpaired) electrons. The van der Waals surface area contributed by atoms with Gasteiger partial charge in [0.2, 0.25) is 0 Å². The molecule has 0 bridgehead atoms. The van der Waals surface area contributed by atoms with Crippen molar-refractivity contribution in [1.82, 2.24) is 4.90 Å². The Morgan fingerprint density at radius 3 is 2.77 bits per heavy atom. The molecule has 2 aliphatic heterocycles. The van der Waals surface area contributed by atoms with Gasteiger partial charge in [-0.1, -0.05) is 18.2 Å². The van der Waals surface area contributed by atoms with Crippen LogP contribution in [0.25, 0.3) is 0 Å². The number of ether oxygens (including phenoxy) is 2. The number of benzene rings is 1. The molecule has 1 atom stereocenters. The first-order valence-corrected chi connectivity index (χ1v) is 7.72. The molecule has 4 nitrogen and oxygen atoms in total. The zero-order valence-corrected chi connectivity index (χ0v) is 12.6. The molecule has 0 amide bonds. The summed E-state index contributed by atoms with van der Waals surface area (Å²) in [6.45, 7) is 2.85. The minimum absolute atomic E-state index is 0.0529. The maximum atomic E-state index is 13.6. The molecule has 6 heteroatoms. The lowest BCUT2D eigenvalue weighted by atomic mass is 10.2. The highest BCUT2D eigenvalue weighted by Crippen LogP contribution is 2.21. The van der Waals surface area contributed by atoms with Crippen LogP contribution < -0.4 is 4.90 Å². The van der Waals surface area contributed by atoms with Crippen LogP contribution in [0.4, 0.5) is 14.5 Å². The Morgan fingerprint density at radius 2 is 1.95 bits per heavy atom. The second-order valence-corrected chi connectivity index (χ2v) is 5.92. The molecule has 2 saturated heterocycles. The molecule has 0 saturated carbocycles. The van der Waals surface area contributed by atoms with E-state index in [1.807, 2.05) is 18.2 Å². The number of morpholine rings is 1. The number of rotatable bonds is 3. The van der Waals surface area contributed by atoms with Crippen LogP contribution in [-0.2, 0) is 9.47 Å². The molecule has 3 rings (SSSR count). The average Bonchev–Trinajstić information content (AvgIpc) is 2.69. The number of halogens is 2. The highest BCUT2D eigenvalue weighted by molar-refractivity contribution is 5.46. The van der Waals surface area contributed by atoms with Crippen molar-refractivity contribution in [3.05, 3.63) is 30.3 Å². The Kier molecular flexibility index (Phi) is 4.90. The molecule has 1 aromatic rings. The molecule has 1 unspecified atom stereocenters. The van der Waals surface area contributed by atoms with Crippen molar-refractivity contribution < 1.29 is 18.3 Å². The van der Waals surface area contributed by atoms with Gasteiger partial charge < -0.3 is 14.4 Å². The predicted octanol–water partition coefficient (Wildman–Crippen LogP) is 1.86. The molecule has 122 valence electrons. The topological polar surface area (TPSA) is 24.9 Å². The minimum atomic E-state index is -2.77. The van der Waals surface area contributed by atoms with E-state index in [1.54, 1.807) is 4.90 Å². The quantitative estimate of drug-likeness (QED) is 0.850. The van der Waals surface area contributed by atoms with Gasteiger partial charge in [0.1, 0.15) is 6.61 Å². The van der Waals surface area contributed by atoms with Crippen LogP contribution in [0.15, 0.2) is 30.3 Å². The number of nitrogens with zero attached hydrogens (tertiary/aromatic N) is 2. The molecule has 0 aromatic heterocycles. The lowest BCUT2D eigenvalue weighted by Crippen LogP contribution is -2.49. The van der Waals surface area contributed by atoms with Gasteiger partial charge in [0.05, 0.1) is 25.9 Å². The standard InChI is InChI=1S/C16H22F2N2O2/c17-16(18)12-19(6-8-21-13-16)10-15-11-20(7-9-22-15)14-4-2-1-3-5-14/h1-5,15H,6-13H2. The molecule has 2 fully saturated rings. The predicted molar refractivity (Wildman–Crippen MR) is 80.6 cm³/mol. The summed E-state index contributed by atoms with van der Waals surface area (Å²) < 4.78 is 37.9. The van der Waals surface area contributed by atoms with Gasteiger partial charge in [-0.2, -0.15) is 0 Å². The van der Waals surface area contributed by atoms with Crippen LogP contribution in [0.5, 0.6) is 0 Å². The maximum absolute atomic E-state index is 13.6. The summed E-state index contributed by atoms with van der Waals surface area (Å²) in [4.78, 5) is 4.01. The maximum Gasteiger partial charge on any atom is 0.283 e. The van der Waals surface area contributed by atoms with E-state index in [-0.39, 0.29) is 12.6 Å². The van der Waals surface area contributed by atoms with Gasteiger partial charge in [0, 0.05) is 31.9 Å². The average molecular weight is 312 g/mol. The largest absolute Gasteiger partial charge is 0.374 e. The molecule has 2 heterocycles. The lowest BCUT2D eigenvalue weighted by Gasteiger charge is -2.37. The molecule has 0 N–H and O–H groups in total. The van der Waals surface area contributed by atoms with E-state index in [9.17, 15) is 8.78 Å². The fourth-order valence-electron chi connectivity index (χ4n) is 3.01. The normalized spacial score (nSPS) is 26.6. The van der Waals surface area contributed by atoms with Crippen LogP contribution in [0.1, 0.15) is 0 Å². The van der Waals surface area contributed by atoms with E-state index >= 15 is 0 Å². The van der Waals surface area contributed by atoms with Crippen LogP contribution in [0.2, 0.25) is 0 Å². The third-order valence-electron chi connectivity index (χ3n) is 4.04. The summed E-state index contributed by atoms with van der Waals surface area (Å²) in [5.41, 5.74) is 1.15. The fraction of sp³-hybridized carbons (Fsp3) is 0.625. The zero-order chi connectivity index (χ0) is 15.4. The van der Waals surface area contributed by atoms with Gasteiger partial charge in [-0.25, -0.2) is 8.78 Å². The van der Waals surface area contributed by atoms with Crippen LogP contribution in [0.3, 0.4) is 0 Å². The highest BCUT2D eigenvalue weighted by atomic mass is 19.3. The molecule has 22 heavy (non-hydrogen) atoms. The second-order valence-electron chi connectivity index (χ2n) is 5.92. The van der Waals surface area contributed by atoms with E-state index in [2.05, 4.69) is 17.0 Å². The van der Waals surface area contributed by atoms with E-state index < -0.39 is 12.5 Å². The van der Waals surface area contributed by atoms with Crippen molar-refractivity contribution in [3.8, 4) is 0 Å². The van der Waals surface area contributed by atoms with Crippen LogP contribution >= 0.6 is 0 Å². The van der Waals surface area contributed by atoms with Crippen molar-refractivity contribution in [2.75, 3.05) is 57.4 Å². The third-order valence-corrected chi connectivity index (χ3v) is 4.04. The van der Waals surface area contributed by atoms with Crippen molar-refractivity contribution in [2.24, 2.45) is 0 Å². The smallest absolute Gasteiger partial charge is 0.283 e. The van der Waals surface area contributed by atoms with E-state index in [1.165, 1.54) is 0 Å². The molecular formula is C16H22F2N2O2. The third kappa shape index (κ3) is 4.15. The number of hydrogen-bond donors (Lipinski definition) is 0. The highest BCUT2D eigenvalue weighted by Gasteiger charge is 2.35. The first kappa shape index (κ1) is 15.6. The first-order valence-electron chi connectivity index (χ1n) is 7.72. The Labute approximate surface area is 129 Å². The monoisotopic (exact) mass is 312 g/mol. The summed E-state index contributed by atoms with van der Waals surface area (Å²) >= 11 is 0. The fourth-order valence-corrected chi connectivity index (χ4v) is 3.01. The van der Waals surface area contributed by atoms with Gasteiger partial charge in [0.15, 0.2) is 0 Å². The molecule has 1 aromatic carbocycles. The lowest BCUT2D eigenvalue weighted by molar-refractivity contribution is -0.0730. The number of anilines is 1. The molecular weight excluding hydrogens is 290 g/mol. The van der Waals surface area contributed by atoms with E-state index in [0.717, 1.165) is 18.8 Å². The summed E-state index contributed by atoms with van der Waals surface area (Å²) in [7, 11) is 0. The number of alkyl halides is 2. The van der Waals surface area contributed by atoms with Gasteiger partial charge in [0.25, 0.3) is 5.92 Å². The Balaban J connectivity index is 1.58. The van der Waals surface area contributed by atoms with E-state index in [4.69, 9.17) is 9.47 Å². The number of para-hydroxylation sites is 1. The van der Waals surface area contributed by atoms with Gasteiger partial charge in [-0.15, -0.1) is 0 Å². The van der Waals surface area contributed by atoms with Crippen molar-refractivity contribution >= 4 is 5.69 Å². The van der Waals surface area contributed by atoms with Gasteiger partial charge in [-0.3, -0.25) is 4.90 Å². The summed E-state index contributed by atoms with van der Waals surface area (Å²) in [6.07, 6.45) is -0.0529. The minimum Gasteiger partial charge on any atom is -0.374 e. The van der Waals surface area contributed by atoms with Crippen molar-refractivity contribution in [2.45, 2.75) is 12.0 Å². The van der Waals surface area contributed by atoms with Gasteiger partial charge >= 0.3 is 0 Å². The van der Waals surface area contributed by atoms with Crippen molar-refractivity contribution in [1.29, 1.82) is 0 Å². The molecule has 2 aliphatic rings. The zero-order valence-electron chi connectivity index (χ0n) is 12.6. The summed E-state index contributed by atoms with van der Waals surface area (Å²) in [6, 6.07) is 10.1. The van der Waals surface area contributed by atoms with Crippen LogP contribution in [0, 0.1) is 0 Å². The molecule has 0 spiro atoms. The first-order chi connectivity index (χ1) is 10.6. The van der Waals surface area contributed by atoms with E-state index in [0.29, 0.717) is 26.3 Å². The SMILES string of the molecule is FC1(F)COCCN(CC2CN(c3ccccc3)CCO2)C1. The van der Waals surface area contributed by atoms with Crippen LogP contribution in [-0.4, -0.2) is 69.5 Å². The van der Waals surface area contributed by atoms with Crippen molar-refractivity contribution in [3.63, 3.8) is 0 Å². The second kappa shape index (κ2) is 6.89. The summed E-state index contributed by atoms with van der Waals surface area (Å²) in [5, 5.41) is 0. The summed E-state index contributed by atoms with van der Waals surface area (Å²) in [5.74, 6) is -2.77. The Bertz CT molecular complexity index is 472. The Hall–Kier alpha value is -1.24. The number of hydrogen-bond acceptors (Lipinski definition) is 4. The van der Waals surface area contributed by atoms with Gasteiger partial charge in [-0.05, 0) is 12.1 Å². The Morgan fingerprint density at radius 1 is 1.14 bits per heavy atom.